The van der Waals surface area contributed by atoms with Crippen LogP contribution in [0, 0.1) is 0 Å². The summed E-state index contributed by atoms with van der Waals surface area (Å²) in [7, 11) is 0. The molecule has 0 saturated carbocycles. The van der Waals surface area contributed by atoms with Crippen LogP contribution in [0.25, 0.3) is 0 Å². The van der Waals surface area contributed by atoms with Gasteiger partial charge in [0.15, 0.2) is 0 Å². The van der Waals surface area contributed by atoms with Crippen LogP contribution in [-0.2, 0) is 5.60 Å². The van der Waals surface area contributed by atoms with E-state index in [-0.39, 0.29) is 0 Å². The SMILES string of the molecule is CC(O)(CN1CCNCC1)c1ccncc1. The van der Waals surface area contributed by atoms with E-state index in [4.69, 9.17) is 0 Å². The van der Waals surface area contributed by atoms with Crippen molar-refractivity contribution in [2.24, 2.45) is 0 Å². The Morgan fingerprint density at radius 1 is 1.38 bits per heavy atom. The van der Waals surface area contributed by atoms with Gasteiger partial charge in [0.2, 0.25) is 0 Å². The molecule has 0 aromatic carbocycles. The van der Waals surface area contributed by atoms with Gasteiger partial charge in [0.1, 0.15) is 0 Å². The predicted octanol–water partition coefficient (Wildman–Crippen LogP) is 0.194. The fraction of sp³-hybridized carbons (Fsp3) is 0.583. The molecule has 88 valence electrons. The van der Waals surface area contributed by atoms with Crippen LogP contribution in [0.3, 0.4) is 0 Å². The van der Waals surface area contributed by atoms with Crippen molar-refractivity contribution in [1.82, 2.24) is 15.2 Å². The Kier molecular flexibility index (Phi) is 3.53. The van der Waals surface area contributed by atoms with Crippen LogP contribution in [0.4, 0.5) is 0 Å². The Balaban J connectivity index is 2.01. The lowest BCUT2D eigenvalue weighted by Crippen LogP contribution is -2.48. The molecule has 0 amide bonds. The van der Waals surface area contributed by atoms with Gasteiger partial charge in [-0.2, -0.15) is 0 Å². The molecule has 0 radical (unpaired) electrons. The molecule has 2 rings (SSSR count). The van der Waals surface area contributed by atoms with Crippen molar-refractivity contribution in [3.05, 3.63) is 30.1 Å². The second kappa shape index (κ2) is 4.91. The zero-order valence-corrected chi connectivity index (χ0v) is 9.69. The van der Waals surface area contributed by atoms with Gasteiger partial charge in [0.05, 0.1) is 5.60 Å². The molecular weight excluding hydrogens is 202 g/mol. The molecule has 1 aliphatic rings. The van der Waals surface area contributed by atoms with Crippen molar-refractivity contribution >= 4 is 0 Å². The van der Waals surface area contributed by atoms with Crippen LogP contribution < -0.4 is 5.32 Å². The number of hydrogen-bond donors (Lipinski definition) is 2. The molecule has 2 heterocycles. The first-order chi connectivity index (χ1) is 7.68. The van der Waals surface area contributed by atoms with E-state index in [0.29, 0.717) is 6.54 Å². The largest absolute Gasteiger partial charge is 0.384 e. The van der Waals surface area contributed by atoms with Crippen LogP contribution in [-0.4, -0.2) is 47.7 Å². The second-order valence-corrected chi connectivity index (χ2v) is 4.54. The number of β-amino-alcohol motifs (C(OH)–C–C–N with tert-alkyl or cyclic N) is 1. The number of pyridine rings is 1. The van der Waals surface area contributed by atoms with Crippen molar-refractivity contribution < 1.29 is 5.11 Å². The molecule has 0 bridgehead atoms. The lowest BCUT2D eigenvalue weighted by atomic mass is 9.96. The highest BCUT2D eigenvalue weighted by atomic mass is 16.3. The van der Waals surface area contributed by atoms with Crippen LogP contribution in [0.2, 0.25) is 0 Å². The molecule has 0 spiro atoms. The van der Waals surface area contributed by atoms with Gasteiger partial charge in [-0.3, -0.25) is 9.88 Å². The second-order valence-electron chi connectivity index (χ2n) is 4.54. The minimum atomic E-state index is -0.791. The van der Waals surface area contributed by atoms with Crippen molar-refractivity contribution in [3.63, 3.8) is 0 Å². The van der Waals surface area contributed by atoms with Gasteiger partial charge in [-0.25, -0.2) is 0 Å². The van der Waals surface area contributed by atoms with Crippen molar-refractivity contribution in [2.75, 3.05) is 32.7 Å². The Hall–Kier alpha value is -0.970. The van der Waals surface area contributed by atoms with Gasteiger partial charge in [-0.05, 0) is 24.6 Å². The highest BCUT2D eigenvalue weighted by Crippen LogP contribution is 2.21. The predicted molar refractivity (Wildman–Crippen MR) is 63.1 cm³/mol. The first-order valence-corrected chi connectivity index (χ1v) is 5.74. The molecule has 1 saturated heterocycles. The summed E-state index contributed by atoms with van der Waals surface area (Å²) in [5, 5.41) is 13.8. The summed E-state index contributed by atoms with van der Waals surface area (Å²) >= 11 is 0. The van der Waals surface area contributed by atoms with Gasteiger partial charge in [-0.15, -0.1) is 0 Å². The molecule has 1 unspecified atom stereocenters. The molecule has 0 aliphatic carbocycles. The molecule has 16 heavy (non-hydrogen) atoms. The Labute approximate surface area is 96.3 Å². The van der Waals surface area contributed by atoms with E-state index in [0.717, 1.165) is 31.7 Å². The van der Waals surface area contributed by atoms with Crippen LogP contribution in [0.1, 0.15) is 12.5 Å². The van der Waals surface area contributed by atoms with E-state index in [9.17, 15) is 5.11 Å². The summed E-state index contributed by atoms with van der Waals surface area (Å²) in [6.07, 6.45) is 3.45. The van der Waals surface area contributed by atoms with Gasteiger partial charge < -0.3 is 10.4 Å². The molecule has 1 aromatic rings. The fourth-order valence-electron chi connectivity index (χ4n) is 2.11. The van der Waals surface area contributed by atoms with Crippen LogP contribution in [0.5, 0.6) is 0 Å². The van der Waals surface area contributed by atoms with Crippen LogP contribution in [0.15, 0.2) is 24.5 Å². The normalized spacial score (nSPS) is 21.6. The van der Waals surface area contributed by atoms with E-state index >= 15 is 0 Å². The number of aromatic nitrogens is 1. The zero-order valence-electron chi connectivity index (χ0n) is 9.69. The maximum atomic E-state index is 10.4. The highest BCUT2D eigenvalue weighted by molar-refractivity contribution is 5.18. The summed E-state index contributed by atoms with van der Waals surface area (Å²) < 4.78 is 0. The summed E-state index contributed by atoms with van der Waals surface area (Å²) in [5.41, 5.74) is 0.140. The number of hydrogen-bond acceptors (Lipinski definition) is 4. The summed E-state index contributed by atoms with van der Waals surface area (Å²) in [6, 6.07) is 3.75. The maximum Gasteiger partial charge on any atom is 0.0995 e. The summed E-state index contributed by atoms with van der Waals surface area (Å²) in [6.45, 7) is 6.56. The first kappa shape index (κ1) is 11.5. The third kappa shape index (κ3) is 2.78. The topological polar surface area (TPSA) is 48.4 Å². The Bertz CT molecular complexity index is 320. The standard InChI is InChI=1S/C12H19N3O/c1-12(16,11-2-4-13-5-3-11)10-15-8-6-14-7-9-15/h2-5,14,16H,6-10H2,1H3. The molecule has 1 aromatic heterocycles. The number of nitrogens with zero attached hydrogens (tertiary/aromatic N) is 2. The molecule has 1 aliphatic heterocycles. The Morgan fingerprint density at radius 3 is 2.62 bits per heavy atom. The number of nitrogens with one attached hydrogen (secondary N) is 1. The maximum absolute atomic E-state index is 10.4. The minimum Gasteiger partial charge on any atom is -0.384 e. The monoisotopic (exact) mass is 221 g/mol. The lowest BCUT2D eigenvalue weighted by Gasteiger charge is -2.34. The van der Waals surface area contributed by atoms with E-state index in [2.05, 4.69) is 15.2 Å². The lowest BCUT2D eigenvalue weighted by molar-refractivity contribution is 0.0125. The summed E-state index contributed by atoms with van der Waals surface area (Å²) in [4.78, 5) is 6.26. The van der Waals surface area contributed by atoms with Crippen molar-refractivity contribution in [2.45, 2.75) is 12.5 Å². The molecular formula is C12H19N3O. The number of aliphatic hydroxyl groups is 1. The third-order valence-corrected chi connectivity index (χ3v) is 3.04. The van der Waals surface area contributed by atoms with Gasteiger partial charge in [0.25, 0.3) is 0 Å². The van der Waals surface area contributed by atoms with Gasteiger partial charge >= 0.3 is 0 Å². The fourth-order valence-corrected chi connectivity index (χ4v) is 2.11. The number of piperazine rings is 1. The van der Waals surface area contributed by atoms with Crippen LogP contribution >= 0.6 is 0 Å². The highest BCUT2D eigenvalue weighted by Gasteiger charge is 2.26. The van der Waals surface area contributed by atoms with E-state index < -0.39 is 5.60 Å². The number of rotatable bonds is 3. The van der Waals surface area contributed by atoms with Gasteiger partial charge in [0, 0.05) is 45.1 Å². The summed E-state index contributed by atoms with van der Waals surface area (Å²) in [5.74, 6) is 0. The molecule has 1 fully saturated rings. The molecule has 2 N–H and O–H groups in total. The average molecular weight is 221 g/mol. The zero-order chi connectivity index (χ0) is 11.4. The smallest absolute Gasteiger partial charge is 0.0995 e. The van der Waals surface area contributed by atoms with Crippen molar-refractivity contribution in [3.8, 4) is 0 Å². The molecule has 1 atom stereocenters. The molecule has 4 heteroatoms. The third-order valence-electron chi connectivity index (χ3n) is 3.04. The van der Waals surface area contributed by atoms with E-state index in [1.54, 1.807) is 12.4 Å². The Morgan fingerprint density at radius 2 is 2.00 bits per heavy atom. The first-order valence-electron chi connectivity index (χ1n) is 5.74. The van der Waals surface area contributed by atoms with E-state index in [1.165, 1.54) is 0 Å². The van der Waals surface area contributed by atoms with Crippen molar-refractivity contribution in [1.29, 1.82) is 0 Å². The quantitative estimate of drug-likeness (QED) is 0.765. The van der Waals surface area contributed by atoms with Gasteiger partial charge in [-0.1, -0.05) is 0 Å². The minimum absolute atomic E-state index is 0.679. The molecule has 4 nitrogen and oxygen atoms in total. The average Bonchev–Trinajstić information content (AvgIpc) is 2.31. The van der Waals surface area contributed by atoms with E-state index in [1.807, 2.05) is 19.1 Å².